The van der Waals surface area contributed by atoms with Crippen LogP contribution in [0.25, 0.3) is 0 Å². The fourth-order valence-corrected chi connectivity index (χ4v) is 2.38. The largest absolute Gasteiger partial charge is 0.349 e. The third-order valence-corrected chi connectivity index (χ3v) is 3.83. The maximum absolute atomic E-state index is 12.1. The van der Waals surface area contributed by atoms with Crippen molar-refractivity contribution in [2.45, 2.75) is 33.0 Å². The van der Waals surface area contributed by atoms with Crippen LogP contribution in [-0.4, -0.2) is 25.5 Å². The Labute approximate surface area is 130 Å². The Morgan fingerprint density at radius 2 is 2.25 bits per heavy atom. The summed E-state index contributed by atoms with van der Waals surface area (Å²) >= 11 is 9.22. The van der Waals surface area contributed by atoms with E-state index in [0.717, 1.165) is 16.7 Å². The summed E-state index contributed by atoms with van der Waals surface area (Å²) in [5.74, 6) is -0.125. The quantitative estimate of drug-likeness (QED) is 0.890. The minimum absolute atomic E-state index is 0.125. The summed E-state index contributed by atoms with van der Waals surface area (Å²) in [6, 6.07) is -0.417. The topological polar surface area (TPSA) is 64.7 Å². The molecule has 1 amide bonds. The normalized spacial score (nSPS) is 12.4. The van der Waals surface area contributed by atoms with Gasteiger partial charge in [-0.1, -0.05) is 11.6 Å². The van der Waals surface area contributed by atoms with Crippen molar-refractivity contribution in [3.05, 3.63) is 33.8 Å². The standard InChI is InChI=1S/C12H15BrClN5O/c1-3-18-11(10(13)5-17-18)6-15-12(20)8(2)19-7-9(14)4-16-19/h4-5,7-8H,3,6H2,1-2H3,(H,15,20). The Hall–Kier alpha value is -1.34. The van der Waals surface area contributed by atoms with E-state index in [-0.39, 0.29) is 5.91 Å². The number of hydrogen-bond donors (Lipinski definition) is 1. The fourth-order valence-electron chi connectivity index (χ4n) is 1.80. The first-order valence-corrected chi connectivity index (χ1v) is 7.37. The van der Waals surface area contributed by atoms with Crippen molar-refractivity contribution in [1.82, 2.24) is 24.9 Å². The molecular formula is C12H15BrClN5O. The summed E-state index contributed by atoms with van der Waals surface area (Å²) in [7, 11) is 0. The lowest BCUT2D eigenvalue weighted by atomic mass is 10.3. The average Bonchev–Trinajstić information content (AvgIpc) is 3.01. The predicted octanol–water partition coefficient (Wildman–Crippen LogP) is 2.39. The molecular weight excluding hydrogens is 346 g/mol. The molecule has 0 aliphatic rings. The highest BCUT2D eigenvalue weighted by molar-refractivity contribution is 9.10. The van der Waals surface area contributed by atoms with E-state index < -0.39 is 6.04 Å². The highest BCUT2D eigenvalue weighted by atomic mass is 79.9. The molecule has 0 bridgehead atoms. The Kier molecular flexibility index (Phi) is 4.82. The van der Waals surface area contributed by atoms with Gasteiger partial charge in [-0.25, -0.2) is 0 Å². The van der Waals surface area contributed by atoms with E-state index in [1.807, 2.05) is 11.6 Å². The van der Waals surface area contributed by atoms with Crippen LogP contribution in [0.4, 0.5) is 0 Å². The average molecular weight is 361 g/mol. The van der Waals surface area contributed by atoms with E-state index in [1.165, 1.54) is 10.9 Å². The molecule has 1 unspecified atom stereocenters. The Morgan fingerprint density at radius 1 is 1.50 bits per heavy atom. The van der Waals surface area contributed by atoms with Crippen LogP contribution in [0.2, 0.25) is 5.02 Å². The number of aromatic nitrogens is 4. The van der Waals surface area contributed by atoms with Gasteiger partial charge in [-0.05, 0) is 29.8 Å². The van der Waals surface area contributed by atoms with Gasteiger partial charge >= 0.3 is 0 Å². The van der Waals surface area contributed by atoms with Gasteiger partial charge in [0.2, 0.25) is 5.91 Å². The van der Waals surface area contributed by atoms with E-state index in [1.54, 1.807) is 19.3 Å². The van der Waals surface area contributed by atoms with E-state index in [9.17, 15) is 4.79 Å². The van der Waals surface area contributed by atoms with Crippen molar-refractivity contribution in [2.24, 2.45) is 0 Å². The third kappa shape index (κ3) is 3.21. The first kappa shape index (κ1) is 15.1. The number of hydrogen-bond acceptors (Lipinski definition) is 3. The number of aryl methyl sites for hydroxylation is 1. The van der Waals surface area contributed by atoms with Gasteiger partial charge in [-0.3, -0.25) is 14.2 Å². The molecule has 2 aromatic heterocycles. The molecule has 1 atom stereocenters. The maximum Gasteiger partial charge on any atom is 0.244 e. The summed E-state index contributed by atoms with van der Waals surface area (Å²) in [6.45, 7) is 4.93. The highest BCUT2D eigenvalue weighted by Gasteiger charge is 2.17. The molecule has 0 aliphatic heterocycles. The van der Waals surface area contributed by atoms with E-state index in [0.29, 0.717) is 11.6 Å². The molecule has 1 N–H and O–H groups in total. The zero-order valence-corrected chi connectivity index (χ0v) is 13.5. The van der Waals surface area contributed by atoms with Gasteiger partial charge in [-0.15, -0.1) is 0 Å². The van der Waals surface area contributed by atoms with Crippen molar-refractivity contribution in [3.63, 3.8) is 0 Å². The van der Waals surface area contributed by atoms with E-state index >= 15 is 0 Å². The Balaban J connectivity index is 2.00. The van der Waals surface area contributed by atoms with Crippen LogP contribution in [0.5, 0.6) is 0 Å². The molecule has 0 saturated carbocycles. The van der Waals surface area contributed by atoms with Gasteiger partial charge in [0, 0.05) is 12.7 Å². The summed E-state index contributed by atoms with van der Waals surface area (Å²) in [5, 5.41) is 11.6. The number of halogens is 2. The second-order valence-electron chi connectivity index (χ2n) is 4.29. The number of rotatable bonds is 5. The lowest BCUT2D eigenvalue weighted by Gasteiger charge is -2.13. The van der Waals surface area contributed by atoms with Crippen LogP contribution >= 0.6 is 27.5 Å². The monoisotopic (exact) mass is 359 g/mol. The molecule has 2 heterocycles. The van der Waals surface area contributed by atoms with Crippen LogP contribution in [-0.2, 0) is 17.9 Å². The Bertz CT molecular complexity index is 609. The van der Waals surface area contributed by atoms with Gasteiger partial charge in [0.15, 0.2) is 0 Å². The zero-order valence-electron chi connectivity index (χ0n) is 11.2. The molecule has 8 heteroatoms. The molecule has 20 heavy (non-hydrogen) atoms. The van der Waals surface area contributed by atoms with Crippen molar-refractivity contribution in [2.75, 3.05) is 0 Å². The van der Waals surface area contributed by atoms with Gasteiger partial charge in [-0.2, -0.15) is 10.2 Å². The van der Waals surface area contributed by atoms with Gasteiger partial charge in [0.1, 0.15) is 6.04 Å². The second-order valence-corrected chi connectivity index (χ2v) is 5.58. The molecule has 0 aliphatic carbocycles. The molecule has 108 valence electrons. The summed E-state index contributed by atoms with van der Waals surface area (Å²) in [5.41, 5.74) is 0.937. The van der Waals surface area contributed by atoms with E-state index in [2.05, 4.69) is 31.4 Å². The second kappa shape index (κ2) is 6.41. The number of carbonyl (C=O) groups is 1. The van der Waals surface area contributed by atoms with E-state index in [4.69, 9.17) is 11.6 Å². The molecule has 0 aromatic carbocycles. The zero-order chi connectivity index (χ0) is 14.7. The molecule has 0 spiro atoms. The molecule has 0 saturated heterocycles. The minimum Gasteiger partial charge on any atom is -0.349 e. The SMILES string of the molecule is CCn1ncc(Br)c1CNC(=O)C(C)n1cc(Cl)cn1. The van der Waals surface area contributed by atoms with Gasteiger partial charge in [0.05, 0.1) is 34.1 Å². The van der Waals surface area contributed by atoms with Crippen molar-refractivity contribution < 1.29 is 4.79 Å². The van der Waals surface area contributed by atoms with Crippen LogP contribution in [0.15, 0.2) is 23.1 Å². The van der Waals surface area contributed by atoms with Crippen LogP contribution < -0.4 is 5.32 Å². The molecule has 2 aromatic rings. The third-order valence-electron chi connectivity index (χ3n) is 2.97. The lowest BCUT2D eigenvalue weighted by Crippen LogP contribution is -2.31. The number of nitrogens with zero attached hydrogens (tertiary/aromatic N) is 4. The van der Waals surface area contributed by atoms with Crippen molar-refractivity contribution in [1.29, 1.82) is 0 Å². The van der Waals surface area contributed by atoms with Gasteiger partial charge < -0.3 is 5.32 Å². The maximum atomic E-state index is 12.1. The summed E-state index contributed by atoms with van der Waals surface area (Å²) in [6.07, 6.45) is 4.85. The molecule has 2 rings (SSSR count). The predicted molar refractivity (Wildman–Crippen MR) is 79.4 cm³/mol. The fraction of sp³-hybridized carbons (Fsp3) is 0.417. The first-order valence-electron chi connectivity index (χ1n) is 6.20. The van der Waals surface area contributed by atoms with Crippen LogP contribution in [0.1, 0.15) is 25.6 Å². The lowest BCUT2D eigenvalue weighted by molar-refractivity contribution is -0.124. The minimum atomic E-state index is -0.417. The molecule has 0 radical (unpaired) electrons. The Morgan fingerprint density at radius 3 is 2.85 bits per heavy atom. The first-order chi connectivity index (χ1) is 9.52. The van der Waals surface area contributed by atoms with Crippen LogP contribution in [0, 0.1) is 0 Å². The van der Waals surface area contributed by atoms with Crippen molar-refractivity contribution >= 4 is 33.4 Å². The van der Waals surface area contributed by atoms with Gasteiger partial charge in [0.25, 0.3) is 0 Å². The van der Waals surface area contributed by atoms with Crippen molar-refractivity contribution in [3.8, 4) is 0 Å². The number of nitrogens with one attached hydrogen (secondary N) is 1. The number of amides is 1. The van der Waals surface area contributed by atoms with Crippen LogP contribution in [0.3, 0.4) is 0 Å². The molecule has 0 fully saturated rings. The molecule has 6 nitrogen and oxygen atoms in total. The summed E-state index contributed by atoms with van der Waals surface area (Å²) < 4.78 is 4.25. The summed E-state index contributed by atoms with van der Waals surface area (Å²) in [4.78, 5) is 12.1. The highest BCUT2D eigenvalue weighted by Crippen LogP contribution is 2.16. The smallest absolute Gasteiger partial charge is 0.244 e. The number of carbonyl (C=O) groups excluding carboxylic acids is 1.